The number of rotatable bonds is 6. The Morgan fingerprint density at radius 3 is 2.50 bits per heavy atom. The topological polar surface area (TPSA) is 18.5 Å². The highest BCUT2D eigenvalue weighted by atomic mass is 16.7. The van der Waals surface area contributed by atoms with Crippen molar-refractivity contribution in [2.75, 3.05) is 6.61 Å². The lowest BCUT2D eigenvalue weighted by Crippen LogP contribution is -2.41. The van der Waals surface area contributed by atoms with Crippen molar-refractivity contribution < 1.29 is 9.47 Å². The molecule has 2 nitrogen and oxygen atoms in total. The Morgan fingerprint density at radius 1 is 1.20 bits per heavy atom. The van der Waals surface area contributed by atoms with E-state index in [2.05, 4.69) is 53.7 Å². The third-order valence-electron chi connectivity index (χ3n) is 3.86. The van der Waals surface area contributed by atoms with Gasteiger partial charge in [-0.3, -0.25) is 0 Å². The van der Waals surface area contributed by atoms with E-state index >= 15 is 0 Å². The number of hydrogen-bond donors (Lipinski definition) is 0. The van der Waals surface area contributed by atoms with Crippen LogP contribution < -0.4 is 0 Å². The van der Waals surface area contributed by atoms with E-state index in [0.717, 1.165) is 32.3 Å². The molecule has 1 fully saturated rings. The number of ether oxygens (including phenoxy) is 2. The lowest BCUT2D eigenvalue weighted by atomic mass is 9.86. The van der Waals surface area contributed by atoms with Crippen molar-refractivity contribution in [1.29, 1.82) is 0 Å². The summed E-state index contributed by atoms with van der Waals surface area (Å²) in [6, 6.07) is 0. The summed E-state index contributed by atoms with van der Waals surface area (Å²) in [5, 5.41) is 0. The van der Waals surface area contributed by atoms with Crippen LogP contribution in [0.3, 0.4) is 0 Å². The first-order valence-corrected chi connectivity index (χ1v) is 7.87. The molecule has 0 amide bonds. The summed E-state index contributed by atoms with van der Waals surface area (Å²) in [5.41, 5.74) is 2.89. The van der Waals surface area contributed by atoms with Gasteiger partial charge in [0.25, 0.3) is 0 Å². The summed E-state index contributed by atoms with van der Waals surface area (Å²) in [7, 11) is 0. The maximum Gasteiger partial charge on any atom is 0.163 e. The molecule has 1 heterocycles. The fraction of sp³-hybridized carbons (Fsp3) is 0.778. The third kappa shape index (κ3) is 6.23. The molecule has 0 aliphatic carbocycles. The van der Waals surface area contributed by atoms with Crippen LogP contribution in [0.1, 0.15) is 67.2 Å². The molecule has 116 valence electrons. The lowest BCUT2D eigenvalue weighted by Gasteiger charge is -2.38. The van der Waals surface area contributed by atoms with Gasteiger partial charge in [-0.1, -0.05) is 37.1 Å². The molecule has 2 heteroatoms. The van der Waals surface area contributed by atoms with E-state index in [1.54, 1.807) is 0 Å². The van der Waals surface area contributed by atoms with Crippen molar-refractivity contribution in [3.8, 4) is 0 Å². The van der Waals surface area contributed by atoms with Crippen LogP contribution in [0.25, 0.3) is 0 Å². The van der Waals surface area contributed by atoms with Crippen LogP contribution in [0.4, 0.5) is 0 Å². The van der Waals surface area contributed by atoms with E-state index in [9.17, 15) is 0 Å². The van der Waals surface area contributed by atoms with Gasteiger partial charge in [-0.25, -0.2) is 0 Å². The molecule has 1 rings (SSSR count). The van der Waals surface area contributed by atoms with Gasteiger partial charge in [0.1, 0.15) is 0 Å². The third-order valence-corrected chi connectivity index (χ3v) is 3.86. The summed E-state index contributed by atoms with van der Waals surface area (Å²) >= 11 is 0. The van der Waals surface area contributed by atoms with Gasteiger partial charge in [0.15, 0.2) is 6.29 Å². The maximum absolute atomic E-state index is 5.93. The predicted octanol–water partition coefficient (Wildman–Crippen LogP) is 5.25. The Kier molecular flexibility index (Phi) is 6.97. The van der Waals surface area contributed by atoms with E-state index in [0.29, 0.717) is 6.10 Å². The second-order valence-electron chi connectivity index (χ2n) is 7.00. The van der Waals surface area contributed by atoms with Crippen molar-refractivity contribution in [2.45, 2.75) is 79.6 Å². The van der Waals surface area contributed by atoms with Crippen molar-refractivity contribution in [3.63, 3.8) is 0 Å². The van der Waals surface area contributed by atoms with Crippen LogP contribution in [-0.4, -0.2) is 19.0 Å². The number of allylic oxidation sites excluding steroid dienone is 4. The smallest absolute Gasteiger partial charge is 0.163 e. The zero-order valence-electron chi connectivity index (χ0n) is 14.2. The van der Waals surface area contributed by atoms with Gasteiger partial charge in [0, 0.05) is 5.41 Å². The number of hydrogen-bond acceptors (Lipinski definition) is 2. The van der Waals surface area contributed by atoms with Gasteiger partial charge in [0.2, 0.25) is 0 Å². The minimum atomic E-state index is -0.0758. The average Bonchev–Trinajstić information content (AvgIpc) is 2.36. The highest BCUT2D eigenvalue weighted by molar-refractivity contribution is 5.03. The summed E-state index contributed by atoms with van der Waals surface area (Å²) in [5.74, 6) is 0. The Labute approximate surface area is 125 Å². The Hall–Kier alpha value is -0.600. The van der Waals surface area contributed by atoms with Crippen LogP contribution in [0.15, 0.2) is 23.3 Å². The fourth-order valence-corrected chi connectivity index (χ4v) is 2.29. The maximum atomic E-state index is 5.93. The fourth-order valence-electron chi connectivity index (χ4n) is 2.29. The molecule has 0 unspecified atom stereocenters. The van der Waals surface area contributed by atoms with Crippen LogP contribution in [0, 0.1) is 5.41 Å². The Morgan fingerprint density at radius 2 is 1.90 bits per heavy atom. The van der Waals surface area contributed by atoms with E-state index in [1.165, 1.54) is 11.1 Å². The molecule has 0 spiro atoms. The monoisotopic (exact) mass is 280 g/mol. The van der Waals surface area contributed by atoms with Crippen LogP contribution in [0.2, 0.25) is 0 Å². The molecule has 0 radical (unpaired) electrons. The molecule has 0 aromatic rings. The molecule has 20 heavy (non-hydrogen) atoms. The van der Waals surface area contributed by atoms with Crippen molar-refractivity contribution in [3.05, 3.63) is 23.3 Å². The molecular formula is C18H32O2. The van der Waals surface area contributed by atoms with E-state index < -0.39 is 0 Å². The molecule has 0 aromatic carbocycles. The first kappa shape index (κ1) is 17.5. The molecule has 2 atom stereocenters. The molecular weight excluding hydrogens is 248 g/mol. The zero-order valence-corrected chi connectivity index (χ0v) is 14.2. The van der Waals surface area contributed by atoms with Gasteiger partial charge < -0.3 is 9.47 Å². The first-order valence-electron chi connectivity index (χ1n) is 7.87. The second-order valence-corrected chi connectivity index (χ2v) is 7.00. The highest BCUT2D eigenvalue weighted by Crippen LogP contribution is 2.33. The molecule has 0 saturated carbocycles. The zero-order chi connectivity index (χ0) is 15.2. The first-order chi connectivity index (χ1) is 9.31. The quantitative estimate of drug-likeness (QED) is 0.619. The standard InChI is InChI=1S/C18H32O2/c1-14(2)8-7-9-15(3)10-12-18(5,6)17-19-13-11-16(4)20-17/h8,10,16-17H,7,9,11-13H2,1-6H3/b15-10+/t16-,17-/m1/s1. The summed E-state index contributed by atoms with van der Waals surface area (Å²) in [6.07, 6.45) is 9.18. The van der Waals surface area contributed by atoms with Gasteiger partial charge in [0.05, 0.1) is 12.7 Å². The summed E-state index contributed by atoms with van der Waals surface area (Å²) in [4.78, 5) is 0. The minimum absolute atomic E-state index is 0.0342. The second kappa shape index (κ2) is 7.99. The summed E-state index contributed by atoms with van der Waals surface area (Å²) < 4.78 is 11.7. The molecule has 1 aliphatic rings. The molecule has 0 N–H and O–H groups in total. The largest absolute Gasteiger partial charge is 0.352 e. The van der Waals surface area contributed by atoms with Crippen LogP contribution >= 0.6 is 0 Å². The lowest BCUT2D eigenvalue weighted by molar-refractivity contribution is -0.251. The van der Waals surface area contributed by atoms with E-state index in [1.807, 2.05) is 0 Å². The van der Waals surface area contributed by atoms with E-state index in [-0.39, 0.29) is 11.7 Å². The molecule has 1 saturated heterocycles. The van der Waals surface area contributed by atoms with Crippen LogP contribution in [0.5, 0.6) is 0 Å². The van der Waals surface area contributed by atoms with Gasteiger partial charge in [-0.05, 0) is 53.4 Å². The van der Waals surface area contributed by atoms with Gasteiger partial charge in [-0.15, -0.1) is 0 Å². The molecule has 0 bridgehead atoms. The Bertz CT molecular complexity index is 348. The normalized spacial score (nSPS) is 24.6. The van der Waals surface area contributed by atoms with Crippen molar-refractivity contribution in [1.82, 2.24) is 0 Å². The molecule has 1 aliphatic heterocycles. The highest BCUT2D eigenvalue weighted by Gasteiger charge is 2.34. The van der Waals surface area contributed by atoms with Crippen molar-refractivity contribution in [2.24, 2.45) is 5.41 Å². The predicted molar refractivity (Wildman–Crippen MR) is 85.7 cm³/mol. The SMILES string of the molecule is CC(C)=CCC/C(C)=C/CC(C)(C)[C@@H]1OCC[C@@H](C)O1. The van der Waals surface area contributed by atoms with Gasteiger partial charge in [-0.2, -0.15) is 0 Å². The van der Waals surface area contributed by atoms with E-state index in [4.69, 9.17) is 9.47 Å². The summed E-state index contributed by atoms with van der Waals surface area (Å²) in [6.45, 7) is 13.9. The Balaban J connectivity index is 2.46. The van der Waals surface area contributed by atoms with Gasteiger partial charge >= 0.3 is 0 Å². The molecule has 0 aromatic heterocycles. The van der Waals surface area contributed by atoms with Crippen molar-refractivity contribution >= 4 is 0 Å². The van der Waals surface area contributed by atoms with Crippen LogP contribution in [-0.2, 0) is 9.47 Å². The average molecular weight is 280 g/mol. The minimum Gasteiger partial charge on any atom is -0.352 e.